The van der Waals surface area contributed by atoms with Crippen molar-refractivity contribution in [2.75, 3.05) is 53.2 Å². The summed E-state index contributed by atoms with van der Waals surface area (Å²) in [6.45, 7) is 2.82. The molecule has 2 aromatic carbocycles. The average Bonchev–Trinajstić information content (AvgIpc) is 2.88. The van der Waals surface area contributed by atoms with E-state index in [1.54, 1.807) is 7.11 Å². The summed E-state index contributed by atoms with van der Waals surface area (Å²) in [4.78, 5) is 9.79. The largest absolute Gasteiger partial charge is 0.497 e. The van der Waals surface area contributed by atoms with Crippen LogP contribution < -0.4 is 4.74 Å². The number of fused-ring (bicyclic) bond motifs is 1. The van der Waals surface area contributed by atoms with Crippen molar-refractivity contribution in [3.05, 3.63) is 65.9 Å². The Hall–Kier alpha value is -2.26. The van der Waals surface area contributed by atoms with E-state index >= 15 is 0 Å². The molecule has 3 aromatic rings. The van der Waals surface area contributed by atoms with Crippen LogP contribution in [0.1, 0.15) is 30.9 Å². The van der Waals surface area contributed by atoms with Crippen LogP contribution in [0.4, 0.5) is 8.78 Å². The highest BCUT2D eigenvalue weighted by Gasteiger charge is 2.30. The standard InChI is InChI=1S/C29H37F2N3O2S/c1-33(2)29(26-8-10-32-28-6-5-24(36-3)17-27(26)28)7-4-20-9-11-34(18-21(20)19-35)12-13-37-25-15-22(30)14-23(31)16-25/h5-6,8,10,14-17,20-21,29,35H,4,7,9,11-13,18-19H2,1-3H3/t20-,21-,29+/m1/s1. The van der Waals surface area contributed by atoms with Gasteiger partial charge in [0.1, 0.15) is 17.4 Å². The summed E-state index contributed by atoms with van der Waals surface area (Å²) in [6, 6.07) is 12.0. The van der Waals surface area contributed by atoms with Gasteiger partial charge in [-0.15, -0.1) is 11.8 Å². The number of nitrogens with zero attached hydrogens (tertiary/aromatic N) is 3. The number of methoxy groups -OCH3 is 1. The van der Waals surface area contributed by atoms with Crippen LogP contribution in [0.25, 0.3) is 10.9 Å². The molecule has 1 aromatic heterocycles. The van der Waals surface area contributed by atoms with E-state index < -0.39 is 11.6 Å². The average molecular weight is 530 g/mol. The van der Waals surface area contributed by atoms with Crippen molar-refractivity contribution >= 4 is 22.7 Å². The van der Waals surface area contributed by atoms with Gasteiger partial charge in [0.05, 0.1) is 12.6 Å². The third-order valence-electron chi connectivity index (χ3n) is 7.50. The fourth-order valence-electron chi connectivity index (χ4n) is 5.48. The molecule has 0 amide bonds. The molecule has 0 bridgehead atoms. The second-order valence-electron chi connectivity index (χ2n) is 10.1. The van der Waals surface area contributed by atoms with Crippen molar-refractivity contribution in [3.63, 3.8) is 0 Å². The van der Waals surface area contributed by atoms with Crippen molar-refractivity contribution in [1.29, 1.82) is 0 Å². The Kier molecular flexibility index (Phi) is 9.76. The number of ether oxygens (including phenoxy) is 1. The summed E-state index contributed by atoms with van der Waals surface area (Å²) < 4.78 is 32.4. The van der Waals surface area contributed by atoms with Gasteiger partial charge in [-0.05, 0) is 93.7 Å². The molecule has 0 aliphatic carbocycles. The Morgan fingerprint density at radius 1 is 1.14 bits per heavy atom. The lowest BCUT2D eigenvalue weighted by Crippen LogP contribution is -2.43. The predicted molar refractivity (Wildman–Crippen MR) is 146 cm³/mol. The van der Waals surface area contributed by atoms with Crippen LogP contribution in [-0.2, 0) is 0 Å². The number of pyridine rings is 1. The number of rotatable bonds is 11. The van der Waals surface area contributed by atoms with Gasteiger partial charge in [-0.1, -0.05) is 0 Å². The number of halogens is 2. The predicted octanol–water partition coefficient (Wildman–Crippen LogP) is 5.63. The first kappa shape index (κ1) is 27.8. The zero-order valence-electron chi connectivity index (χ0n) is 21.9. The molecule has 0 radical (unpaired) electrons. The molecule has 0 spiro atoms. The van der Waals surface area contributed by atoms with Gasteiger partial charge >= 0.3 is 0 Å². The Balaban J connectivity index is 1.35. The first-order chi connectivity index (χ1) is 17.9. The van der Waals surface area contributed by atoms with Gasteiger partial charge in [-0.2, -0.15) is 0 Å². The summed E-state index contributed by atoms with van der Waals surface area (Å²) in [7, 11) is 5.92. The monoisotopic (exact) mass is 529 g/mol. The van der Waals surface area contributed by atoms with E-state index in [4.69, 9.17) is 4.74 Å². The van der Waals surface area contributed by atoms with Crippen molar-refractivity contribution in [1.82, 2.24) is 14.8 Å². The fraction of sp³-hybridized carbons (Fsp3) is 0.483. The second kappa shape index (κ2) is 13.0. The minimum Gasteiger partial charge on any atom is -0.497 e. The Morgan fingerprint density at radius 2 is 1.92 bits per heavy atom. The molecule has 37 heavy (non-hydrogen) atoms. The van der Waals surface area contributed by atoms with Crippen molar-refractivity contribution in [3.8, 4) is 5.75 Å². The van der Waals surface area contributed by atoms with Gasteiger partial charge in [-0.3, -0.25) is 4.98 Å². The van der Waals surface area contributed by atoms with Gasteiger partial charge < -0.3 is 19.6 Å². The smallest absolute Gasteiger partial charge is 0.127 e. The first-order valence-corrected chi connectivity index (χ1v) is 13.9. The minimum atomic E-state index is -0.543. The molecule has 1 aliphatic heterocycles. The molecule has 3 atom stereocenters. The van der Waals surface area contributed by atoms with Crippen LogP contribution in [0.3, 0.4) is 0 Å². The van der Waals surface area contributed by atoms with E-state index in [1.807, 2.05) is 18.3 Å². The van der Waals surface area contributed by atoms with E-state index in [0.29, 0.717) is 10.8 Å². The molecule has 0 saturated carbocycles. The highest BCUT2D eigenvalue weighted by Crippen LogP contribution is 2.35. The van der Waals surface area contributed by atoms with Gasteiger partial charge in [0, 0.05) is 54.0 Å². The number of piperidine rings is 1. The molecule has 2 heterocycles. The van der Waals surface area contributed by atoms with Crippen molar-refractivity contribution in [2.24, 2.45) is 11.8 Å². The van der Waals surface area contributed by atoms with E-state index in [0.717, 1.165) is 67.4 Å². The fourth-order valence-corrected chi connectivity index (χ4v) is 6.46. The van der Waals surface area contributed by atoms with Crippen molar-refractivity contribution in [2.45, 2.75) is 30.2 Å². The summed E-state index contributed by atoms with van der Waals surface area (Å²) >= 11 is 1.47. The van der Waals surface area contributed by atoms with E-state index in [9.17, 15) is 13.9 Å². The van der Waals surface area contributed by atoms with Crippen LogP contribution >= 0.6 is 11.8 Å². The van der Waals surface area contributed by atoms with Crippen LogP contribution in [0.15, 0.2) is 53.6 Å². The SMILES string of the molecule is COc1ccc2nccc([C@H](CC[C@@H]3CCN(CCSc4cc(F)cc(F)c4)C[C@@H]3CO)N(C)C)c2c1. The lowest BCUT2D eigenvalue weighted by atomic mass is 9.81. The molecule has 1 N–H and O–H groups in total. The maximum absolute atomic E-state index is 13.4. The van der Waals surface area contributed by atoms with E-state index in [2.05, 4.69) is 41.0 Å². The van der Waals surface area contributed by atoms with Crippen LogP contribution in [0.5, 0.6) is 5.75 Å². The Morgan fingerprint density at radius 3 is 2.62 bits per heavy atom. The lowest BCUT2D eigenvalue weighted by molar-refractivity contribution is 0.0671. The van der Waals surface area contributed by atoms with E-state index in [-0.39, 0.29) is 18.6 Å². The summed E-state index contributed by atoms with van der Waals surface area (Å²) in [5.74, 6) is 1.18. The number of hydrogen-bond acceptors (Lipinski definition) is 6. The Bertz CT molecular complexity index is 1160. The summed E-state index contributed by atoms with van der Waals surface area (Å²) in [5, 5.41) is 11.3. The number of aromatic nitrogens is 1. The Labute approximate surface area is 222 Å². The first-order valence-electron chi connectivity index (χ1n) is 12.9. The minimum absolute atomic E-state index is 0.172. The normalized spacial score (nSPS) is 19.4. The third kappa shape index (κ3) is 7.19. The molecular formula is C29H37F2N3O2S. The number of aliphatic hydroxyl groups excluding tert-OH is 1. The third-order valence-corrected chi connectivity index (χ3v) is 8.45. The van der Waals surface area contributed by atoms with Crippen LogP contribution in [0, 0.1) is 23.5 Å². The van der Waals surface area contributed by atoms with Gasteiger partial charge in [0.2, 0.25) is 0 Å². The number of aliphatic hydroxyl groups is 1. The maximum Gasteiger partial charge on any atom is 0.127 e. The topological polar surface area (TPSA) is 48.8 Å². The summed E-state index contributed by atoms with van der Waals surface area (Å²) in [6.07, 6.45) is 4.94. The molecule has 1 saturated heterocycles. The number of likely N-dealkylation sites (tertiary alicyclic amines) is 1. The van der Waals surface area contributed by atoms with Crippen LogP contribution in [0.2, 0.25) is 0 Å². The van der Waals surface area contributed by atoms with E-state index in [1.165, 1.54) is 29.5 Å². The van der Waals surface area contributed by atoms with Crippen molar-refractivity contribution < 1.29 is 18.6 Å². The molecule has 0 unspecified atom stereocenters. The zero-order chi connectivity index (χ0) is 26.4. The molecule has 1 aliphatic rings. The van der Waals surface area contributed by atoms with Gasteiger partial charge in [0.25, 0.3) is 0 Å². The quantitative estimate of drug-likeness (QED) is 0.325. The highest BCUT2D eigenvalue weighted by molar-refractivity contribution is 7.99. The molecule has 5 nitrogen and oxygen atoms in total. The summed E-state index contributed by atoms with van der Waals surface area (Å²) in [5.41, 5.74) is 2.21. The molecular weight excluding hydrogens is 492 g/mol. The number of benzene rings is 2. The second-order valence-corrected chi connectivity index (χ2v) is 11.3. The molecule has 200 valence electrons. The van der Waals surface area contributed by atoms with Crippen LogP contribution in [-0.4, -0.2) is 73.1 Å². The molecule has 1 fully saturated rings. The van der Waals surface area contributed by atoms with Gasteiger partial charge in [0.15, 0.2) is 0 Å². The zero-order valence-corrected chi connectivity index (χ0v) is 22.7. The number of thioether (sulfide) groups is 1. The lowest BCUT2D eigenvalue weighted by Gasteiger charge is -2.39. The van der Waals surface area contributed by atoms with Gasteiger partial charge in [-0.25, -0.2) is 8.78 Å². The maximum atomic E-state index is 13.4. The number of hydrogen-bond donors (Lipinski definition) is 1. The highest BCUT2D eigenvalue weighted by atomic mass is 32.2. The molecule has 4 rings (SSSR count). The molecule has 8 heteroatoms.